The summed E-state index contributed by atoms with van der Waals surface area (Å²) in [6.07, 6.45) is 1.12. The van der Waals surface area contributed by atoms with E-state index in [1.54, 1.807) is 18.2 Å². The first-order valence-electron chi connectivity index (χ1n) is 8.24. The van der Waals surface area contributed by atoms with Crippen LogP contribution in [-0.4, -0.2) is 46.1 Å². The number of anilines is 1. The maximum absolute atomic E-state index is 12.0. The summed E-state index contributed by atoms with van der Waals surface area (Å²) >= 11 is 0. The lowest BCUT2D eigenvalue weighted by Crippen LogP contribution is -2.22. The van der Waals surface area contributed by atoms with E-state index in [-0.39, 0.29) is 17.2 Å². The highest BCUT2D eigenvalue weighted by atomic mass is 32.2. The zero-order valence-electron chi connectivity index (χ0n) is 15.4. The van der Waals surface area contributed by atoms with Crippen LogP contribution in [0.1, 0.15) is 26.3 Å². The second-order valence-corrected chi connectivity index (χ2v) is 8.19. The van der Waals surface area contributed by atoms with Crippen molar-refractivity contribution in [1.29, 1.82) is 0 Å². The van der Waals surface area contributed by atoms with Gasteiger partial charge in [-0.05, 0) is 35.9 Å². The fourth-order valence-electron chi connectivity index (χ4n) is 2.33. The zero-order chi connectivity index (χ0) is 20.7. The third kappa shape index (κ3) is 6.51. The molecule has 2 aromatic carbocycles. The number of hydrogen-bond acceptors (Lipinski definition) is 6. The number of amides is 2. The molecule has 0 saturated heterocycles. The number of hydrogen-bond donors (Lipinski definition) is 2. The summed E-state index contributed by atoms with van der Waals surface area (Å²) in [6, 6.07) is 12.2. The van der Waals surface area contributed by atoms with E-state index in [1.807, 2.05) is 0 Å². The minimum atomic E-state index is -3.17. The molecule has 2 N–H and O–H groups in total. The van der Waals surface area contributed by atoms with Crippen molar-refractivity contribution < 1.29 is 27.5 Å². The van der Waals surface area contributed by atoms with E-state index in [4.69, 9.17) is 4.74 Å². The van der Waals surface area contributed by atoms with Gasteiger partial charge in [0.2, 0.25) is 0 Å². The largest absolute Gasteiger partial charge is 0.452 e. The van der Waals surface area contributed by atoms with Crippen molar-refractivity contribution in [2.24, 2.45) is 0 Å². The molecule has 0 aliphatic rings. The predicted molar refractivity (Wildman–Crippen MR) is 104 cm³/mol. The Bertz CT molecular complexity index is 984. The lowest BCUT2D eigenvalue weighted by Gasteiger charge is -2.08. The maximum atomic E-state index is 12.0. The van der Waals surface area contributed by atoms with Crippen LogP contribution >= 0.6 is 0 Å². The smallest absolute Gasteiger partial charge is 0.338 e. The molecule has 9 heteroatoms. The van der Waals surface area contributed by atoms with Crippen LogP contribution in [0.3, 0.4) is 0 Å². The van der Waals surface area contributed by atoms with Gasteiger partial charge in [-0.25, -0.2) is 13.2 Å². The number of rotatable bonds is 7. The fourth-order valence-corrected chi connectivity index (χ4v) is 3.13. The van der Waals surface area contributed by atoms with E-state index in [9.17, 15) is 22.8 Å². The van der Waals surface area contributed by atoms with Gasteiger partial charge < -0.3 is 15.4 Å². The molecule has 0 heterocycles. The Morgan fingerprint density at radius 2 is 1.68 bits per heavy atom. The minimum absolute atomic E-state index is 0.125. The average Bonchev–Trinajstić information content (AvgIpc) is 2.65. The second-order valence-electron chi connectivity index (χ2n) is 6.05. The molecule has 0 unspecified atom stereocenters. The van der Waals surface area contributed by atoms with E-state index >= 15 is 0 Å². The van der Waals surface area contributed by atoms with Crippen LogP contribution in [0.25, 0.3) is 0 Å². The van der Waals surface area contributed by atoms with Crippen molar-refractivity contribution >= 4 is 33.3 Å². The van der Waals surface area contributed by atoms with Gasteiger partial charge >= 0.3 is 5.97 Å². The van der Waals surface area contributed by atoms with Crippen LogP contribution in [0.4, 0.5) is 5.69 Å². The Hall–Kier alpha value is -3.20. The Balaban J connectivity index is 1.90. The molecule has 148 valence electrons. The normalized spacial score (nSPS) is 10.8. The number of carbonyl (C=O) groups excluding carboxylic acids is 3. The molecule has 0 saturated carbocycles. The van der Waals surface area contributed by atoms with Gasteiger partial charge in [-0.1, -0.05) is 18.2 Å². The topological polar surface area (TPSA) is 119 Å². The molecule has 0 bridgehead atoms. The van der Waals surface area contributed by atoms with Gasteiger partial charge in [0.05, 0.1) is 11.3 Å². The van der Waals surface area contributed by atoms with Crippen LogP contribution in [0.15, 0.2) is 48.5 Å². The van der Waals surface area contributed by atoms with Crippen molar-refractivity contribution in [3.8, 4) is 0 Å². The fraction of sp³-hybridized carbons (Fsp3) is 0.211. The predicted octanol–water partition coefficient (Wildman–Crippen LogP) is 1.39. The SMILES string of the molecule is CNC(=O)c1cccc(NC(=O)COC(=O)c2ccc(CS(C)(=O)=O)cc2)c1. The van der Waals surface area contributed by atoms with Gasteiger partial charge in [0.15, 0.2) is 16.4 Å². The van der Waals surface area contributed by atoms with Gasteiger partial charge in [-0.3, -0.25) is 9.59 Å². The molecular weight excluding hydrogens is 384 g/mol. The zero-order valence-corrected chi connectivity index (χ0v) is 16.2. The third-order valence-corrected chi connectivity index (χ3v) is 4.45. The third-order valence-electron chi connectivity index (χ3n) is 3.59. The molecule has 0 aliphatic carbocycles. The van der Waals surface area contributed by atoms with Crippen LogP contribution in [0.2, 0.25) is 0 Å². The van der Waals surface area contributed by atoms with E-state index in [2.05, 4.69) is 10.6 Å². The summed E-state index contributed by atoms with van der Waals surface area (Å²) in [5.41, 5.74) is 1.53. The summed E-state index contributed by atoms with van der Waals surface area (Å²) < 4.78 is 27.5. The number of carbonyl (C=O) groups is 3. The molecule has 2 aromatic rings. The highest BCUT2D eigenvalue weighted by molar-refractivity contribution is 7.89. The van der Waals surface area contributed by atoms with Gasteiger partial charge in [0.25, 0.3) is 11.8 Å². The van der Waals surface area contributed by atoms with Gasteiger partial charge in [-0.2, -0.15) is 0 Å². The maximum Gasteiger partial charge on any atom is 0.338 e. The lowest BCUT2D eigenvalue weighted by molar-refractivity contribution is -0.119. The Kier molecular flexibility index (Phi) is 6.89. The molecular formula is C19H20N2O6S. The highest BCUT2D eigenvalue weighted by Crippen LogP contribution is 2.11. The number of sulfone groups is 1. The van der Waals surface area contributed by atoms with Crippen molar-refractivity contribution in [1.82, 2.24) is 5.32 Å². The van der Waals surface area contributed by atoms with E-state index in [0.717, 1.165) is 6.26 Å². The summed E-state index contributed by atoms with van der Waals surface area (Å²) in [5.74, 6) is -1.68. The number of ether oxygens (including phenoxy) is 1. The number of benzene rings is 2. The molecule has 0 aliphatic heterocycles. The molecule has 8 nitrogen and oxygen atoms in total. The minimum Gasteiger partial charge on any atom is -0.452 e. The molecule has 0 fully saturated rings. The van der Waals surface area contributed by atoms with Crippen molar-refractivity contribution in [3.63, 3.8) is 0 Å². The molecule has 0 aromatic heterocycles. The van der Waals surface area contributed by atoms with Crippen molar-refractivity contribution in [2.75, 3.05) is 25.2 Å². The quantitative estimate of drug-likeness (QED) is 0.673. The van der Waals surface area contributed by atoms with E-state index in [1.165, 1.54) is 37.4 Å². The van der Waals surface area contributed by atoms with Crippen molar-refractivity contribution in [2.45, 2.75) is 5.75 Å². The first kappa shape index (κ1) is 21.1. The first-order chi connectivity index (χ1) is 13.2. The standard InChI is InChI=1S/C19H20N2O6S/c1-20-18(23)15-4-3-5-16(10-15)21-17(22)11-27-19(24)14-8-6-13(7-9-14)12-28(2,25)26/h3-10H,11-12H2,1-2H3,(H,20,23)(H,21,22). The highest BCUT2D eigenvalue weighted by Gasteiger charge is 2.12. The Morgan fingerprint density at radius 1 is 1.00 bits per heavy atom. The van der Waals surface area contributed by atoms with Gasteiger partial charge in [0.1, 0.15) is 0 Å². The summed E-state index contributed by atoms with van der Waals surface area (Å²) in [7, 11) is -1.67. The number of esters is 1. The summed E-state index contributed by atoms with van der Waals surface area (Å²) in [6.45, 7) is -0.506. The van der Waals surface area contributed by atoms with Gasteiger partial charge in [-0.15, -0.1) is 0 Å². The van der Waals surface area contributed by atoms with Crippen LogP contribution in [-0.2, 0) is 25.1 Å². The summed E-state index contributed by atoms with van der Waals surface area (Å²) in [5, 5.41) is 5.02. The Labute approximate surface area is 162 Å². The van der Waals surface area contributed by atoms with E-state index < -0.39 is 28.3 Å². The van der Waals surface area contributed by atoms with Crippen LogP contribution < -0.4 is 10.6 Å². The van der Waals surface area contributed by atoms with Crippen LogP contribution in [0, 0.1) is 0 Å². The molecule has 28 heavy (non-hydrogen) atoms. The van der Waals surface area contributed by atoms with E-state index in [0.29, 0.717) is 16.8 Å². The molecule has 0 radical (unpaired) electrons. The monoisotopic (exact) mass is 404 g/mol. The summed E-state index contributed by atoms with van der Waals surface area (Å²) in [4.78, 5) is 35.6. The van der Waals surface area contributed by atoms with Crippen LogP contribution in [0.5, 0.6) is 0 Å². The number of nitrogens with one attached hydrogen (secondary N) is 2. The second kappa shape index (κ2) is 9.14. The first-order valence-corrected chi connectivity index (χ1v) is 10.3. The molecule has 0 spiro atoms. The molecule has 2 amide bonds. The lowest BCUT2D eigenvalue weighted by atomic mass is 10.1. The van der Waals surface area contributed by atoms with Crippen molar-refractivity contribution in [3.05, 3.63) is 65.2 Å². The molecule has 0 atom stereocenters. The Morgan fingerprint density at radius 3 is 2.29 bits per heavy atom. The molecule has 2 rings (SSSR count). The average molecular weight is 404 g/mol. The van der Waals surface area contributed by atoms with Gasteiger partial charge in [0, 0.05) is 24.6 Å².